The minimum atomic E-state index is 0.0624. The summed E-state index contributed by atoms with van der Waals surface area (Å²) < 4.78 is 1.10. The topological polar surface area (TPSA) is 33.2 Å². The van der Waals surface area contributed by atoms with Gasteiger partial charge in [-0.2, -0.15) is 0 Å². The van der Waals surface area contributed by atoms with Gasteiger partial charge in [-0.1, -0.05) is 114 Å². The van der Waals surface area contributed by atoms with Crippen LogP contribution in [0.25, 0.3) is 10.2 Å². The van der Waals surface area contributed by atoms with Gasteiger partial charge in [0.25, 0.3) is 0 Å². The maximum atomic E-state index is 13.7. The number of amides is 1. The van der Waals surface area contributed by atoms with Crippen LogP contribution in [-0.4, -0.2) is 16.6 Å². The lowest BCUT2D eigenvalue weighted by molar-refractivity contribution is -0.116. The van der Waals surface area contributed by atoms with Crippen molar-refractivity contribution in [1.29, 1.82) is 0 Å². The number of carbonyl (C=O) groups is 1. The van der Waals surface area contributed by atoms with Gasteiger partial charge in [0.15, 0.2) is 5.13 Å². The van der Waals surface area contributed by atoms with Crippen LogP contribution in [0, 0.1) is 6.92 Å². The molecular formula is C30H26N2OS2. The molecule has 3 nitrogen and oxygen atoms in total. The smallest absolute Gasteiger partial charge is 0.239 e. The number of hydrogen-bond donors (Lipinski definition) is 0. The Bertz CT molecular complexity index is 1360. The largest absolute Gasteiger partial charge is 0.283 e. The van der Waals surface area contributed by atoms with Gasteiger partial charge < -0.3 is 0 Å². The second kappa shape index (κ2) is 10.9. The number of rotatable bonds is 8. The highest BCUT2D eigenvalue weighted by atomic mass is 32.2. The fourth-order valence-corrected chi connectivity index (χ4v) is 6.32. The van der Waals surface area contributed by atoms with Crippen molar-refractivity contribution in [3.05, 3.63) is 131 Å². The van der Waals surface area contributed by atoms with Gasteiger partial charge in [0.05, 0.1) is 27.8 Å². The van der Waals surface area contributed by atoms with Gasteiger partial charge in [0, 0.05) is 0 Å². The van der Waals surface area contributed by atoms with E-state index in [1.165, 1.54) is 11.1 Å². The second-order valence-corrected chi connectivity index (χ2v) is 10.5. The molecule has 1 heterocycles. The normalized spacial score (nSPS) is 11.1. The number of aryl methyl sites for hydroxylation is 1. The zero-order valence-electron chi connectivity index (χ0n) is 19.5. The molecule has 1 aromatic heterocycles. The lowest BCUT2D eigenvalue weighted by Gasteiger charge is -2.22. The summed E-state index contributed by atoms with van der Waals surface area (Å²) in [5.41, 5.74) is 5.57. The molecule has 5 aromatic rings. The summed E-state index contributed by atoms with van der Waals surface area (Å²) in [6, 6.07) is 37.1. The van der Waals surface area contributed by atoms with E-state index >= 15 is 0 Å². The number of benzene rings is 4. The molecule has 4 aromatic carbocycles. The van der Waals surface area contributed by atoms with E-state index in [0.29, 0.717) is 12.3 Å². The maximum Gasteiger partial charge on any atom is 0.239 e. The first-order chi connectivity index (χ1) is 17.2. The van der Waals surface area contributed by atoms with E-state index in [1.54, 1.807) is 23.1 Å². The highest BCUT2D eigenvalue weighted by Gasteiger charge is 2.23. The Labute approximate surface area is 214 Å². The molecule has 0 aliphatic heterocycles. The Balaban J connectivity index is 1.44. The van der Waals surface area contributed by atoms with Crippen molar-refractivity contribution in [1.82, 2.24) is 4.98 Å². The van der Waals surface area contributed by atoms with Gasteiger partial charge in [-0.15, -0.1) is 11.8 Å². The predicted octanol–water partition coefficient (Wildman–Crippen LogP) is 7.66. The van der Waals surface area contributed by atoms with E-state index in [0.717, 1.165) is 26.5 Å². The molecule has 5 heteroatoms. The number of fused-ring (bicyclic) bond motifs is 1. The maximum absolute atomic E-state index is 13.7. The molecule has 174 valence electrons. The van der Waals surface area contributed by atoms with E-state index in [2.05, 4.69) is 79.7 Å². The van der Waals surface area contributed by atoms with Crippen molar-refractivity contribution in [3.63, 3.8) is 0 Å². The summed E-state index contributed by atoms with van der Waals surface area (Å²) in [5.74, 6) is 0.420. The molecule has 35 heavy (non-hydrogen) atoms. The van der Waals surface area contributed by atoms with Gasteiger partial charge in [0.2, 0.25) is 5.91 Å². The Morgan fingerprint density at radius 1 is 0.829 bits per heavy atom. The highest BCUT2D eigenvalue weighted by Crippen LogP contribution is 2.37. The molecule has 0 aliphatic carbocycles. The second-order valence-electron chi connectivity index (χ2n) is 8.40. The van der Waals surface area contributed by atoms with Gasteiger partial charge in [-0.3, -0.25) is 9.69 Å². The van der Waals surface area contributed by atoms with Crippen molar-refractivity contribution in [2.45, 2.75) is 18.7 Å². The standard InChI is InChI=1S/C30H26N2OS2/c1-22-12-11-19-26-28(22)31-30(35-26)32(20-23-13-5-2-6-14-23)27(33)21-34-29(24-15-7-3-8-16-24)25-17-9-4-10-18-25/h2-19,29H,20-21H2,1H3. The highest BCUT2D eigenvalue weighted by molar-refractivity contribution is 8.00. The number of thioether (sulfide) groups is 1. The van der Waals surface area contributed by atoms with Gasteiger partial charge in [-0.25, -0.2) is 4.98 Å². The molecule has 0 atom stereocenters. The molecular weight excluding hydrogens is 468 g/mol. The number of carbonyl (C=O) groups excluding carboxylic acids is 1. The summed E-state index contributed by atoms with van der Waals surface area (Å²) >= 11 is 3.24. The van der Waals surface area contributed by atoms with Crippen LogP contribution in [0.1, 0.15) is 27.5 Å². The number of anilines is 1. The minimum Gasteiger partial charge on any atom is -0.283 e. The van der Waals surface area contributed by atoms with E-state index in [1.807, 2.05) is 41.3 Å². The molecule has 0 N–H and O–H groups in total. The number of nitrogens with zero attached hydrogens (tertiary/aromatic N) is 2. The number of para-hydroxylation sites is 1. The van der Waals surface area contributed by atoms with E-state index < -0.39 is 0 Å². The Morgan fingerprint density at radius 3 is 2.03 bits per heavy atom. The third-order valence-corrected chi connectivity index (χ3v) is 8.24. The molecule has 0 saturated carbocycles. The van der Waals surface area contributed by atoms with Crippen molar-refractivity contribution < 1.29 is 4.79 Å². The van der Waals surface area contributed by atoms with Crippen LogP contribution in [0.15, 0.2) is 109 Å². The molecule has 0 fully saturated rings. The van der Waals surface area contributed by atoms with Crippen LogP contribution in [0.5, 0.6) is 0 Å². The van der Waals surface area contributed by atoms with Crippen LogP contribution in [0.2, 0.25) is 0 Å². The van der Waals surface area contributed by atoms with Crippen LogP contribution in [-0.2, 0) is 11.3 Å². The van der Waals surface area contributed by atoms with Crippen LogP contribution >= 0.6 is 23.1 Å². The molecule has 1 amide bonds. The van der Waals surface area contributed by atoms with Crippen molar-refractivity contribution in [3.8, 4) is 0 Å². The zero-order chi connectivity index (χ0) is 24.0. The predicted molar refractivity (Wildman–Crippen MR) is 149 cm³/mol. The molecule has 0 aliphatic rings. The fourth-order valence-electron chi connectivity index (χ4n) is 4.09. The first kappa shape index (κ1) is 23.3. The third kappa shape index (κ3) is 5.47. The van der Waals surface area contributed by atoms with Crippen molar-refractivity contribution in [2.24, 2.45) is 0 Å². The first-order valence-electron chi connectivity index (χ1n) is 11.6. The van der Waals surface area contributed by atoms with Crippen molar-refractivity contribution >= 4 is 44.4 Å². The summed E-state index contributed by atoms with van der Waals surface area (Å²) in [5, 5.41) is 0.831. The van der Waals surface area contributed by atoms with Gasteiger partial charge in [0.1, 0.15) is 0 Å². The summed E-state index contributed by atoms with van der Waals surface area (Å²) in [6.07, 6.45) is 0. The summed E-state index contributed by atoms with van der Waals surface area (Å²) in [4.78, 5) is 20.5. The molecule has 0 saturated heterocycles. The van der Waals surface area contributed by atoms with E-state index in [9.17, 15) is 4.79 Å². The molecule has 0 bridgehead atoms. The molecule has 0 spiro atoms. The Morgan fingerprint density at radius 2 is 1.43 bits per heavy atom. The summed E-state index contributed by atoms with van der Waals surface area (Å²) in [7, 11) is 0. The van der Waals surface area contributed by atoms with E-state index in [4.69, 9.17) is 4.98 Å². The molecule has 0 radical (unpaired) electrons. The third-order valence-electron chi connectivity index (χ3n) is 5.90. The number of aromatic nitrogens is 1. The van der Waals surface area contributed by atoms with Crippen LogP contribution in [0.3, 0.4) is 0 Å². The number of hydrogen-bond acceptors (Lipinski definition) is 4. The first-order valence-corrected chi connectivity index (χ1v) is 13.5. The molecule has 0 unspecified atom stereocenters. The minimum absolute atomic E-state index is 0.0624. The lowest BCUT2D eigenvalue weighted by Crippen LogP contribution is -2.32. The van der Waals surface area contributed by atoms with Crippen LogP contribution in [0.4, 0.5) is 5.13 Å². The average molecular weight is 495 g/mol. The summed E-state index contributed by atoms with van der Waals surface area (Å²) in [6.45, 7) is 2.57. The van der Waals surface area contributed by atoms with Gasteiger partial charge in [-0.05, 0) is 35.2 Å². The van der Waals surface area contributed by atoms with Crippen LogP contribution < -0.4 is 4.90 Å². The van der Waals surface area contributed by atoms with Crippen molar-refractivity contribution in [2.75, 3.05) is 10.7 Å². The van der Waals surface area contributed by atoms with Gasteiger partial charge >= 0.3 is 0 Å². The quantitative estimate of drug-likeness (QED) is 0.222. The fraction of sp³-hybridized carbons (Fsp3) is 0.133. The monoisotopic (exact) mass is 494 g/mol. The zero-order valence-corrected chi connectivity index (χ0v) is 21.1. The number of thiazole rings is 1. The lowest BCUT2D eigenvalue weighted by atomic mass is 10.0. The van der Waals surface area contributed by atoms with E-state index in [-0.39, 0.29) is 11.2 Å². The Kier molecular flexibility index (Phi) is 7.26. The SMILES string of the molecule is Cc1cccc2sc(N(Cc3ccccc3)C(=O)CSC(c3ccccc3)c3ccccc3)nc12. The average Bonchev–Trinajstić information content (AvgIpc) is 3.35. The molecule has 5 rings (SSSR count). The Hall–Kier alpha value is -3.41.